The minimum absolute atomic E-state index is 0.00842. The lowest BCUT2D eigenvalue weighted by Gasteiger charge is -2.45. The molecule has 0 radical (unpaired) electrons. The Hall–Kier alpha value is -2.60. The number of hydrogen-bond acceptors (Lipinski definition) is 3. The normalized spacial score (nSPS) is 21.1. The van der Waals surface area contributed by atoms with Gasteiger partial charge in [-0.25, -0.2) is 0 Å². The summed E-state index contributed by atoms with van der Waals surface area (Å²) in [5.74, 6) is -0.0343. The van der Waals surface area contributed by atoms with Gasteiger partial charge in [0.25, 0.3) is 5.91 Å². The van der Waals surface area contributed by atoms with Crippen molar-refractivity contribution in [3.8, 4) is 0 Å². The molecular weight excluding hydrogens is 442 g/mol. The summed E-state index contributed by atoms with van der Waals surface area (Å²) in [5.41, 5.74) is 2.16. The van der Waals surface area contributed by atoms with Gasteiger partial charge in [-0.2, -0.15) is 0 Å². The van der Waals surface area contributed by atoms with Crippen molar-refractivity contribution in [3.05, 3.63) is 58.6 Å². The molecule has 1 fully saturated rings. The number of rotatable bonds is 7. The molecule has 1 aromatic carbocycles. The van der Waals surface area contributed by atoms with Gasteiger partial charge in [0.2, 0.25) is 5.91 Å². The molecule has 1 aliphatic carbocycles. The molecular formula is C28H35N3O2S. The van der Waals surface area contributed by atoms with E-state index in [1.54, 1.807) is 11.3 Å². The standard InChI is InChI=1S/C28H35N3O2S/c1-3-22-17-23-25(34-22)18-24-26(32)31(16-10-13-20-11-6-4-7-12-20)28(2,19-30(23)24)27(33)29-21-14-8-5-9-15-21/h4,6-7,11-12,17-18,21H,3,5,8-10,13-16,19H2,1-2H3,(H,29,33). The fraction of sp³-hybridized carbons (Fsp3) is 0.500. The number of nitrogens with zero attached hydrogens (tertiary/aromatic N) is 2. The third kappa shape index (κ3) is 4.28. The van der Waals surface area contributed by atoms with Gasteiger partial charge in [0, 0.05) is 17.5 Å². The lowest BCUT2D eigenvalue weighted by Crippen LogP contribution is -2.65. The second kappa shape index (κ2) is 9.57. The van der Waals surface area contributed by atoms with E-state index in [1.165, 1.54) is 29.7 Å². The van der Waals surface area contributed by atoms with Gasteiger partial charge in [0.05, 0.1) is 16.8 Å². The first-order chi connectivity index (χ1) is 16.5. The van der Waals surface area contributed by atoms with Crippen LogP contribution in [0.4, 0.5) is 0 Å². The maximum atomic E-state index is 13.8. The molecule has 0 saturated heterocycles. The van der Waals surface area contributed by atoms with Crippen LogP contribution < -0.4 is 5.32 Å². The Bertz CT molecular complexity index is 1180. The predicted molar refractivity (Wildman–Crippen MR) is 138 cm³/mol. The average Bonchev–Trinajstić information content (AvgIpc) is 3.41. The number of thiophene rings is 1. The smallest absolute Gasteiger partial charge is 0.271 e. The molecule has 1 atom stereocenters. The van der Waals surface area contributed by atoms with Crippen molar-refractivity contribution in [2.45, 2.75) is 83.3 Å². The van der Waals surface area contributed by atoms with Crippen LogP contribution in [-0.2, 0) is 24.2 Å². The largest absolute Gasteiger partial charge is 0.351 e. The predicted octanol–water partition coefficient (Wildman–Crippen LogP) is 5.56. The van der Waals surface area contributed by atoms with Crippen molar-refractivity contribution in [1.29, 1.82) is 0 Å². The molecule has 1 saturated carbocycles. The van der Waals surface area contributed by atoms with Gasteiger partial charge >= 0.3 is 0 Å². The monoisotopic (exact) mass is 477 g/mol. The quantitative estimate of drug-likeness (QED) is 0.484. The van der Waals surface area contributed by atoms with Gasteiger partial charge in [-0.05, 0) is 56.7 Å². The van der Waals surface area contributed by atoms with E-state index in [1.807, 2.05) is 36.1 Å². The molecule has 2 aromatic heterocycles. The Morgan fingerprint density at radius 1 is 1.15 bits per heavy atom. The van der Waals surface area contributed by atoms with E-state index in [4.69, 9.17) is 0 Å². The number of nitrogens with one attached hydrogen (secondary N) is 1. The number of carbonyl (C=O) groups excluding carboxylic acids is 2. The first kappa shape index (κ1) is 23.2. The number of hydrogen-bond donors (Lipinski definition) is 1. The molecule has 3 aromatic rings. The van der Waals surface area contributed by atoms with E-state index in [0.717, 1.165) is 42.3 Å². The summed E-state index contributed by atoms with van der Waals surface area (Å²) in [6.45, 7) is 5.19. The molecule has 180 valence electrons. The van der Waals surface area contributed by atoms with Crippen LogP contribution in [0.1, 0.15) is 73.3 Å². The van der Waals surface area contributed by atoms with Gasteiger partial charge in [0.1, 0.15) is 11.2 Å². The molecule has 6 heteroatoms. The van der Waals surface area contributed by atoms with Crippen LogP contribution in [0.3, 0.4) is 0 Å². The summed E-state index contributed by atoms with van der Waals surface area (Å²) >= 11 is 1.75. The zero-order valence-electron chi connectivity index (χ0n) is 20.3. The third-order valence-corrected chi connectivity index (χ3v) is 8.85. The zero-order valence-corrected chi connectivity index (χ0v) is 21.1. The fourth-order valence-corrected chi connectivity index (χ4v) is 6.63. The van der Waals surface area contributed by atoms with Crippen LogP contribution in [0.15, 0.2) is 42.5 Å². The van der Waals surface area contributed by atoms with Crippen molar-refractivity contribution in [2.24, 2.45) is 0 Å². The molecule has 3 heterocycles. The van der Waals surface area contributed by atoms with E-state index >= 15 is 0 Å². The summed E-state index contributed by atoms with van der Waals surface area (Å²) in [6, 6.07) is 14.8. The second-order valence-corrected chi connectivity index (χ2v) is 11.2. The lowest BCUT2D eigenvalue weighted by atomic mass is 9.91. The highest BCUT2D eigenvalue weighted by molar-refractivity contribution is 7.19. The number of amides is 2. The maximum Gasteiger partial charge on any atom is 0.271 e. The minimum Gasteiger partial charge on any atom is -0.351 e. The number of aryl methyl sites for hydroxylation is 2. The van der Waals surface area contributed by atoms with E-state index in [-0.39, 0.29) is 17.9 Å². The fourth-order valence-electron chi connectivity index (χ4n) is 5.59. The Morgan fingerprint density at radius 3 is 2.65 bits per heavy atom. The van der Waals surface area contributed by atoms with Crippen molar-refractivity contribution in [3.63, 3.8) is 0 Å². The van der Waals surface area contributed by atoms with Crippen LogP contribution in [0, 0.1) is 0 Å². The Morgan fingerprint density at radius 2 is 1.91 bits per heavy atom. The SMILES string of the molecule is CCc1cc2c(cc3n2CC(C)(C(=O)NC2CCCCC2)N(CCCc2ccccc2)C3=O)s1. The maximum absolute atomic E-state index is 13.8. The van der Waals surface area contributed by atoms with Gasteiger partial charge in [-0.1, -0.05) is 56.5 Å². The molecule has 1 N–H and O–H groups in total. The molecule has 34 heavy (non-hydrogen) atoms. The van der Waals surface area contributed by atoms with E-state index in [0.29, 0.717) is 18.8 Å². The molecule has 0 bridgehead atoms. The average molecular weight is 478 g/mol. The molecule has 1 unspecified atom stereocenters. The molecule has 5 nitrogen and oxygen atoms in total. The second-order valence-electron chi connectivity index (χ2n) is 10.1. The van der Waals surface area contributed by atoms with Gasteiger partial charge < -0.3 is 14.8 Å². The number of aromatic nitrogens is 1. The number of fused-ring (bicyclic) bond motifs is 3. The van der Waals surface area contributed by atoms with Crippen LogP contribution in [0.2, 0.25) is 0 Å². The lowest BCUT2D eigenvalue weighted by molar-refractivity contribution is -0.133. The van der Waals surface area contributed by atoms with Gasteiger partial charge in [-0.15, -0.1) is 11.3 Å². The number of benzene rings is 1. The highest BCUT2D eigenvalue weighted by Gasteiger charge is 2.48. The molecule has 0 spiro atoms. The first-order valence-corrected chi connectivity index (χ1v) is 13.6. The highest BCUT2D eigenvalue weighted by Crippen LogP contribution is 2.36. The summed E-state index contributed by atoms with van der Waals surface area (Å²) in [5, 5.41) is 3.33. The molecule has 1 aliphatic heterocycles. The highest BCUT2D eigenvalue weighted by atomic mass is 32.1. The Kier molecular flexibility index (Phi) is 6.52. The Balaban J connectivity index is 1.44. The molecule has 2 amide bonds. The summed E-state index contributed by atoms with van der Waals surface area (Å²) in [6.07, 6.45) is 8.35. The molecule has 2 aliphatic rings. The van der Waals surface area contributed by atoms with Crippen LogP contribution >= 0.6 is 11.3 Å². The Labute approximate surface area is 206 Å². The van der Waals surface area contributed by atoms with Crippen molar-refractivity contribution < 1.29 is 9.59 Å². The van der Waals surface area contributed by atoms with E-state index < -0.39 is 5.54 Å². The topological polar surface area (TPSA) is 54.3 Å². The van der Waals surface area contributed by atoms with Gasteiger partial charge in [-0.3, -0.25) is 9.59 Å². The van der Waals surface area contributed by atoms with Crippen LogP contribution in [0.5, 0.6) is 0 Å². The first-order valence-electron chi connectivity index (χ1n) is 12.8. The van der Waals surface area contributed by atoms with Crippen molar-refractivity contribution in [1.82, 2.24) is 14.8 Å². The third-order valence-electron chi connectivity index (χ3n) is 7.63. The number of carbonyl (C=O) groups is 2. The van der Waals surface area contributed by atoms with Crippen molar-refractivity contribution >= 4 is 33.4 Å². The molecule has 5 rings (SSSR count). The van der Waals surface area contributed by atoms with E-state index in [2.05, 4.69) is 35.0 Å². The van der Waals surface area contributed by atoms with Gasteiger partial charge in [0.15, 0.2) is 0 Å². The summed E-state index contributed by atoms with van der Waals surface area (Å²) < 4.78 is 3.24. The van der Waals surface area contributed by atoms with E-state index in [9.17, 15) is 9.59 Å². The zero-order chi connectivity index (χ0) is 23.7. The minimum atomic E-state index is -0.904. The van der Waals surface area contributed by atoms with Crippen LogP contribution in [-0.4, -0.2) is 39.4 Å². The van der Waals surface area contributed by atoms with Crippen LogP contribution in [0.25, 0.3) is 10.2 Å². The van der Waals surface area contributed by atoms with Crippen molar-refractivity contribution in [2.75, 3.05) is 6.54 Å². The summed E-state index contributed by atoms with van der Waals surface area (Å²) in [4.78, 5) is 30.8. The summed E-state index contributed by atoms with van der Waals surface area (Å²) in [7, 11) is 0.